The Morgan fingerprint density at radius 2 is 1.68 bits per heavy atom. The normalized spacial score (nSPS) is 15.7. The number of benzene rings is 2. The zero-order chi connectivity index (χ0) is 20.6. The van der Waals surface area contributed by atoms with Crippen LogP contribution in [0.3, 0.4) is 0 Å². The molecule has 0 amide bonds. The van der Waals surface area contributed by atoms with Gasteiger partial charge in [0.05, 0.1) is 9.79 Å². The molecule has 0 bridgehead atoms. The zero-order valence-electron chi connectivity index (χ0n) is 15.9. The van der Waals surface area contributed by atoms with E-state index in [1.165, 1.54) is 24.3 Å². The van der Waals surface area contributed by atoms with Crippen LogP contribution < -0.4 is 14.2 Å². The molecule has 0 aromatic heterocycles. The van der Waals surface area contributed by atoms with Crippen LogP contribution in [0.15, 0.2) is 52.3 Å². The molecule has 0 saturated heterocycles. The summed E-state index contributed by atoms with van der Waals surface area (Å²) in [5.74, 6) is 1.28. The molecule has 9 heteroatoms. The summed E-state index contributed by atoms with van der Waals surface area (Å²) >= 11 is 0. The van der Waals surface area contributed by atoms with Crippen molar-refractivity contribution in [2.75, 3.05) is 19.4 Å². The van der Waals surface area contributed by atoms with E-state index in [0.29, 0.717) is 11.5 Å². The minimum Gasteiger partial charge on any atom is -0.488 e. The van der Waals surface area contributed by atoms with Gasteiger partial charge in [-0.1, -0.05) is 12.1 Å². The molecule has 7 nitrogen and oxygen atoms in total. The van der Waals surface area contributed by atoms with Gasteiger partial charge in [0, 0.05) is 24.8 Å². The lowest BCUT2D eigenvalue weighted by molar-refractivity contribution is 0.132. The average molecular weight is 426 g/mol. The third-order valence-electron chi connectivity index (χ3n) is 4.27. The lowest BCUT2D eigenvalue weighted by atomic mass is 10.0. The molecule has 2 aromatic carbocycles. The molecular formula is C19H23NO6S2. The minimum absolute atomic E-state index is 0.00872. The Labute approximate surface area is 165 Å². The SMILES string of the molecule is CC1(C)Cc2cccc(OCCNS(=O)(=O)c3ccc(S(C)(=O)=O)cc3)c2O1. The van der Waals surface area contributed by atoms with Gasteiger partial charge in [-0.3, -0.25) is 0 Å². The van der Waals surface area contributed by atoms with E-state index >= 15 is 0 Å². The van der Waals surface area contributed by atoms with Gasteiger partial charge < -0.3 is 9.47 Å². The van der Waals surface area contributed by atoms with Crippen LogP contribution in [0.4, 0.5) is 0 Å². The largest absolute Gasteiger partial charge is 0.488 e. The van der Waals surface area contributed by atoms with E-state index in [0.717, 1.165) is 18.2 Å². The first-order valence-electron chi connectivity index (χ1n) is 8.71. The fourth-order valence-electron chi connectivity index (χ4n) is 2.99. The molecule has 0 spiro atoms. The first-order chi connectivity index (χ1) is 13.0. The van der Waals surface area contributed by atoms with E-state index in [2.05, 4.69) is 4.72 Å². The number of rotatable bonds is 7. The highest BCUT2D eigenvalue weighted by Crippen LogP contribution is 2.41. The fourth-order valence-corrected chi connectivity index (χ4v) is 4.63. The van der Waals surface area contributed by atoms with Gasteiger partial charge in [-0.05, 0) is 44.2 Å². The van der Waals surface area contributed by atoms with Gasteiger partial charge in [0.15, 0.2) is 21.3 Å². The van der Waals surface area contributed by atoms with Crippen LogP contribution in [0.25, 0.3) is 0 Å². The Bertz CT molecular complexity index is 1070. The van der Waals surface area contributed by atoms with Crippen molar-refractivity contribution < 1.29 is 26.3 Å². The summed E-state index contributed by atoms with van der Waals surface area (Å²) in [4.78, 5) is 0.0567. The predicted octanol–water partition coefficient (Wildman–Crippen LogP) is 2.16. The third-order valence-corrected chi connectivity index (χ3v) is 6.87. The molecule has 0 aliphatic carbocycles. The van der Waals surface area contributed by atoms with E-state index in [1.54, 1.807) is 6.07 Å². The van der Waals surface area contributed by atoms with Gasteiger partial charge in [-0.2, -0.15) is 0 Å². The molecule has 0 atom stereocenters. The second-order valence-electron chi connectivity index (χ2n) is 7.27. The molecule has 0 saturated carbocycles. The molecule has 0 fully saturated rings. The molecule has 1 aliphatic heterocycles. The standard InChI is InChI=1S/C19H23NO6S2/c1-19(2)13-14-5-4-6-17(18(14)26-19)25-12-11-20-28(23,24)16-9-7-15(8-10-16)27(3,21)22/h4-10,20H,11-13H2,1-3H3. The highest BCUT2D eigenvalue weighted by atomic mass is 32.2. The number of sulfonamides is 1. The number of hydrogen-bond donors (Lipinski definition) is 1. The summed E-state index contributed by atoms with van der Waals surface area (Å²) in [5.41, 5.74) is 0.774. The molecule has 28 heavy (non-hydrogen) atoms. The molecule has 1 heterocycles. The average Bonchev–Trinajstić information content (AvgIpc) is 2.92. The van der Waals surface area contributed by atoms with Crippen LogP contribution in [0.5, 0.6) is 11.5 Å². The maximum Gasteiger partial charge on any atom is 0.240 e. The van der Waals surface area contributed by atoms with Crippen molar-refractivity contribution in [3.05, 3.63) is 48.0 Å². The van der Waals surface area contributed by atoms with E-state index in [4.69, 9.17) is 9.47 Å². The summed E-state index contributed by atoms with van der Waals surface area (Å²) in [7, 11) is -7.14. The van der Waals surface area contributed by atoms with Gasteiger partial charge in [0.25, 0.3) is 0 Å². The second-order valence-corrected chi connectivity index (χ2v) is 11.1. The molecule has 0 unspecified atom stereocenters. The maximum atomic E-state index is 12.3. The van der Waals surface area contributed by atoms with Gasteiger partial charge in [-0.25, -0.2) is 21.6 Å². The number of hydrogen-bond acceptors (Lipinski definition) is 6. The van der Waals surface area contributed by atoms with Crippen molar-refractivity contribution in [2.24, 2.45) is 0 Å². The van der Waals surface area contributed by atoms with Crippen molar-refractivity contribution >= 4 is 19.9 Å². The van der Waals surface area contributed by atoms with Crippen LogP contribution in [-0.2, 0) is 26.3 Å². The fraction of sp³-hybridized carbons (Fsp3) is 0.368. The summed E-state index contributed by atoms with van der Waals surface area (Å²) in [5, 5.41) is 0. The van der Waals surface area contributed by atoms with Gasteiger partial charge in [0.2, 0.25) is 10.0 Å². The van der Waals surface area contributed by atoms with E-state index < -0.39 is 19.9 Å². The van der Waals surface area contributed by atoms with Gasteiger partial charge >= 0.3 is 0 Å². The highest BCUT2D eigenvalue weighted by Gasteiger charge is 2.32. The quantitative estimate of drug-likeness (QED) is 0.683. The molecule has 1 N–H and O–H groups in total. The third kappa shape index (κ3) is 4.65. The Kier molecular flexibility index (Phi) is 5.44. The van der Waals surface area contributed by atoms with Gasteiger partial charge in [0.1, 0.15) is 12.2 Å². The van der Waals surface area contributed by atoms with Crippen LogP contribution in [-0.4, -0.2) is 41.8 Å². The van der Waals surface area contributed by atoms with E-state index in [1.807, 2.05) is 26.0 Å². The predicted molar refractivity (Wildman–Crippen MR) is 105 cm³/mol. The van der Waals surface area contributed by atoms with Crippen molar-refractivity contribution in [2.45, 2.75) is 35.7 Å². The van der Waals surface area contributed by atoms with Crippen molar-refractivity contribution in [1.82, 2.24) is 4.72 Å². The van der Waals surface area contributed by atoms with E-state index in [-0.39, 0.29) is 28.5 Å². The summed E-state index contributed by atoms with van der Waals surface area (Å²) in [6, 6.07) is 10.7. The summed E-state index contributed by atoms with van der Waals surface area (Å²) in [6.45, 7) is 4.18. The Balaban J connectivity index is 1.59. The first kappa shape index (κ1) is 20.6. The molecule has 2 aromatic rings. The zero-order valence-corrected chi connectivity index (χ0v) is 17.6. The van der Waals surface area contributed by atoms with Crippen LogP contribution in [0.2, 0.25) is 0 Å². The number of nitrogens with one attached hydrogen (secondary N) is 1. The smallest absolute Gasteiger partial charge is 0.240 e. The number of sulfone groups is 1. The molecule has 152 valence electrons. The Morgan fingerprint density at radius 1 is 1.04 bits per heavy atom. The van der Waals surface area contributed by atoms with Crippen molar-refractivity contribution in [3.63, 3.8) is 0 Å². The molecule has 1 aliphatic rings. The van der Waals surface area contributed by atoms with Crippen LogP contribution in [0, 0.1) is 0 Å². The van der Waals surface area contributed by atoms with Crippen LogP contribution >= 0.6 is 0 Å². The lowest BCUT2D eigenvalue weighted by Crippen LogP contribution is -2.28. The van der Waals surface area contributed by atoms with Gasteiger partial charge in [-0.15, -0.1) is 0 Å². The monoisotopic (exact) mass is 425 g/mol. The highest BCUT2D eigenvalue weighted by molar-refractivity contribution is 7.90. The van der Waals surface area contributed by atoms with Crippen LogP contribution in [0.1, 0.15) is 19.4 Å². The van der Waals surface area contributed by atoms with Crippen molar-refractivity contribution in [1.29, 1.82) is 0 Å². The molecule has 0 radical (unpaired) electrons. The number of fused-ring (bicyclic) bond motifs is 1. The summed E-state index contributed by atoms with van der Waals surface area (Å²) in [6.07, 6.45) is 1.85. The lowest BCUT2D eigenvalue weighted by Gasteiger charge is -2.18. The molecular weight excluding hydrogens is 402 g/mol. The van der Waals surface area contributed by atoms with Crippen molar-refractivity contribution in [3.8, 4) is 11.5 Å². The topological polar surface area (TPSA) is 98.8 Å². The number of para-hydroxylation sites is 1. The number of ether oxygens (including phenoxy) is 2. The summed E-state index contributed by atoms with van der Waals surface area (Å²) < 4.78 is 61.7. The minimum atomic E-state index is -3.76. The van der Waals surface area contributed by atoms with E-state index in [9.17, 15) is 16.8 Å². The Hall–Kier alpha value is -2.10. The second kappa shape index (κ2) is 7.38. The maximum absolute atomic E-state index is 12.3. The molecule has 3 rings (SSSR count). The Morgan fingerprint density at radius 3 is 2.32 bits per heavy atom. The first-order valence-corrected chi connectivity index (χ1v) is 12.1.